The van der Waals surface area contributed by atoms with Gasteiger partial charge >= 0.3 is 0 Å². The molecule has 18 heavy (non-hydrogen) atoms. The fraction of sp³-hybridized carbons (Fsp3) is 0.308. The maximum absolute atomic E-state index is 12.2. The number of nitrogens with zero attached hydrogens (tertiary/aromatic N) is 1. The zero-order valence-corrected chi connectivity index (χ0v) is 11.4. The molecule has 0 aromatic heterocycles. The molecule has 0 aliphatic heterocycles. The molecule has 0 N–H and O–H groups in total. The van der Waals surface area contributed by atoms with Crippen LogP contribution in [0.4, 0.5) is 0 Å². The summed E-state index contributed by atoms with van der Waals surface area (Å²) in [7, 11) is -3.50. The van der Waals surface area contributed by atoms with E-state index >= 15 is 0 Å². The molecule has 0 bridgehead atoms. The smallest absolute Gasteiger partial charge is 0.243 e. The first-order valence-electron chi connectivity index (χ1n) is 5.65. The molecule has 0 saturated carbocycles. The Labute approximate surface area is 108 Å². The van der Waals surface area contributed by atoms with Gasteiger partial charge in [-0.15, -0.1) is 6.58 Å². The molecule has 0 unspecified atom stereocenters. The minimum atomic E-state index is -3.50. The molecule has 0 aliphatic rings. The van der Waals surface area contributed by atoms with E-state index in [1.54, 1.807) is 13.0 Å². The summed E-state index contributed by atoms with van der Waals surface area (Å²) in [6, 6.07) is 5.96. The third kappa shape index (κ3) is 3.05. The summed E-state index contributed by atoms with van der Waals surface area (Å²) >= 11 is 0. The second-order valence-electron chi connectivity index (χ2n) is 3.82. The number of benzene rings is 1. The van der Waals surface area contributed by atoms with Crippen molar-refractivity contribution in [2.45, 2.75) is 18.7 Å². The SMILES string of the molecule is C=CCN(CC)S(=O)(=O)c1ccc(C(C)=O)cc1. The molecule has 0 amide bonds. The molecule has 1 aromatic carbocycles. The van der Waals surface area contributed by atoms with E-state index in [-0.39, 0.29) is 17.2 Å². The summed E-state index contributed by atoms with van der Waals surface area (Å²) in [5.74, 6) is -0.0858. The van der Waals surface area contributed by atoms with E-state index in [2.05, 4.69) is 6.58 Å². The number of carbonyl (C=O) groups excluding carboxylic acids is 1. The van der Waals surface area contributed by atoms with Gasteiger partial charge in [-0.3, -0.25) is 4.79 Å². The predicted molar refractivity (Wildman–Crippen MR) is 71.1 cm³/mol. The van der Waals surface area contributed by atoms with Gasteiger partial charge in [0.15, 0.2) is 5.78 Å². The van der Waals surface area contributed by atoms with Crippen LogP contribution in [-0.2, 0) is 10.0 Å². The number of likely N-dealkylation sites (N-methyl/N-ethyl adjacent to an activating group) is 1. The summed E-state index contributed by atoms with van der Waals surface area (Å²) in [4.78, 5) is 11.3. The summed E-state index contributed by atoms with van der Waals surface area (Å²) in [5.41, 5.74) is 0.501. The van der Waals surface area contributed by atoms with Gasteiger partial charge in [0.1, 0.15) is 0 Å². The van der Waals surface area contributed by atoms with Crippen LogP contribution >= 0.6 is 0 Å². The first-order valence-corrected chi connectivity index (χ1v) is 7.09. The Morgan fingerprint density at radius 1 is 1.33 bits per heavy atom. The summed E-state index contributed by atoms with van der Waals surface area (Å²) in [6.07, 6.45) is 1.55. The van der Waals surface area contributed by atoms with Gasteiger partial charge < -0.3 is 0 Å². The summed E-state index contributed by atoms with van der Waals surface area (Å²) < 4.78 is 25.8. The molecule has 98 valence electrons. The second-order valence-corrected chi connectivity index (χ2v) is 5.76. The maximum atomic E-state index is 12.2. The molecule has 0 fully saturated rings. The first kappa shape index (κ1) is 14.6. The van der Waals surface area contributed by atoms with Gasteiger partial charge in [0.05, 0.1) is 4.90 Å². The van der Waals surface area contributed by atoms with Crippen molar-refractivity contribution in [2.24, 2.45) is 0 Å². The molecule has 1 aromatic rings. The number of carbonyl (C=O) groups is 1. The fourth-order valence-electron chi connectivity index (χ4n) is 1.55. The quantitative estimate of drug-likeness (QED) is 0.586. The van der Waals surface area contributed by atoms with E-state index in [9.17, 15) is 13.2 Å². The summed E-state index contributed by atoms with van der Waals surface area (Å²) in [5, 5.41) is 0. The van der Waals surface area contributed by atoms with Crippen LogP contribution < -0.4 is 0 Å². The molecule has 4 nitrogen and oxygen atoms in total. The van der Waals surface area contributed by atoms with Crippen LogP contribution in [0.3, 0.4) is 0 Å². The van der Waals surface area contributed by atoms with Crippen molar-refractivity contribution in [2.75, 3.05) is 13.1 Å². The van der Waals surface area contributed by atoms with Gasteiger partial charge in [0.25, 0.3) is 0 Å². The molecule has 0 heterocycles. The molecule has 1 rings (SSSR count). The third-order valence-electron chi connectivity index (χ3n) is 2.58. The number of ketones is 1. The van der Waals surface area contributed by atoms with Crippen LogP contribution in [0.1, 0.15) is 24.2 Å². The summed E-state index contributed by atoms with van der Waals surface area (Å²) in [6.45, 7) is 7.40. The van der Waals surface area contributed by atoms with E-state index < -0.39 is 10.0 Å². The van der Waals surface area contributed by atoms with Crippen LogP contribution in [0.15, 0.2) is 41.8 Å². The minimum Gasteiger partial charge on any atom is -0.295 e. The van der Waals surface area contributed by atoms with E-state index in [0.717, 1.165) is 0 Å². The Hall–Kier alpha value is -1.46. The van der Waals surface area contributed by atoms with E-state index in [1.807, 2.05) is 0 Å². The van der Waals surface area contributed by atoms with Gasteiger partial charge in [-0.25, -0.2) is 8.42 Å². The lowest BCUT2D eigenvalue weighted by Crippen LogP contribution is -2.31. The lowest BCUT2D eigenvalue weighted by Gasteiger charge is -2.18. The monoisotopic (exact) mass is 267 g/mol. The van der Waals surface area contributed by atoms with Gasteiger partial charge in [-0.2, -0.15) is 4.31 Å². The van der Waals surface area contributed by atoms with Gasteiger partial charge in [-0.1, -0.05) is 25.1 Å². The predicted octanol–water partition coefficient (Wildman–Crippen LogP) is 2.09. The van der Waals surface area contributed by atoms with Crippen LogP contribution in [0.25, 0.3) is 0 Å². The van der Waals surface area contributed by atoms with Crippen molar-refractivity contribution >= 4 is 15.8 Å². The highest BCUT2D eigenvalue weighted by Crippen LogP contribution is 2.16. The zero-order valence-electron chi connectivity index (χ0n) is 10.6. The molecule has 0 atom stereocenters. The molecular formula is C13H17NO3S. The van der Waals surface area contributed by atoms with Crippen LogP contribution in [-0.4, -0.2) is 31.6 Å². The standard InChI is InChI=1S/C13H17NO3S/c1-4-10-14(5-2)18(16,17)13-8-6-12(7-9-13)11(3)15/h4,6-9H,1,5,10H2,2-3H3. The second kappa shape index (κ2) is 5.93. The van der Waals surface area contributed by atoms with Crippen molar-refractivity contribution in [1.82, 2.24) is 4.31 Å². The van der Waals surface area contributed by atoms with E-state index in [0.29, 0.717) is 12.1 Å². The van der Waals surface area contributed by atoms with Gasteiger partial charge in [-0.05, 0) is 19.1 Å². The number of hydrogen-bond donors (Lipinski definition) is 0. The Kier molecular flexibility index (Phi) is 4.81. The third-order valence-corrected chi connectivity index (χ3v) is 4.54. The number of Topliss-reactive ketones (excluding diaryl/α,β-unsaturated/α-hetero) is 1. The van der Waals surface area contributed by atoms with E-state index in [4.69, 9.17) is 0 Å². The fourth-order valence-corrected chi connectivity index (χ4v) is 2.97. The normalized spacial score (nSPS) is 11.5. The average molecular weight is 267 g/mol. The highest BCUT2D eigenvalue weighted by atomic mass is 32.2. The van der Waals surface area contributed by atoms with Crippen molar-refractivity contribution < 1.29 is 13.2 Å². The highest BCUT2D eigenvalue weighted by Gasteiger charge is 2.21. The molecule has 0 radical (unpaired) electrons. The van der Waals surface area contributed by atoms with Gasteiger partial charge in [0, 0.05) is 18.7 Å². The molecule has 0 spiro atoms. The Balaban J connectivity index is 3.11. The van der Waals surface area contributed by atoms with Crippen molar-refractivity contribution in [1.29, 1.82) is 0 Å². The van der Waals surface area contributed by atoms with Crippen molar-refractivity contribution in [3.05, 3.63) is 42.5 Å². The van der Waals surface area contributed by atoms with Crippen molar-refractivity contribution in [3.63, 3.8) is 0 Å². The van der Waals surface area contributed by atoms with Gasteiger partial charge in [0.2, 0.25) is 10.0 Å². The average Bonchev–Trinajstić information content (AvgIpc) is 2.35. The Morgan fingerprint density at radius 3 is 2.28 bits per heavy atom. The number of rotatable bonds is 6. The highest BCUT2D eigenvalue weighted by molar-refractivity contribution is 7.89. The van der Waals surface area contributed by atoms with Crippen LogP contribution in [0, 0.1) is 0 Å². The molecular weight excluding hydrogens is 250 g/mol. The maximum Gasteiger partial charge on any atom is 0.243 e. The van der Waals surface area contributed by atoms with Crippen LogP contribution in [0.5, 0.6) is 0 Å². The van der Waals surface area contributed by atoms with E-state index in [1.165, 1.54) is 35.5 Å². The largest absolute Gasteiger partial charge is 0.295 e. The van der Waals surface area contributed by atoms with Crippen molar-refractivity contribution in [3.8, 4) is 0 Å². The first-order chi connectivity index (χ1) is 8.43. The Bertz CT molecular complexity index is 532. The Morgan fingerprint density at radius 2 is 1.89 bits per heavy atom. The molecule has 0 saturated heterocycles. The lowest BCUT2D eigenvalue weighted by atomic mass is 10.2. The topological polar surface area (TPSA) is 54.5 Å². The molecule has 0 aliphatic carbocycles. The lowest BCUT2D eigenvalue weighted by molar-refractivity contribution is 0.101. The number of hydrogen-bond acceptors (Lipinski definition) is 3. The number of sulfonamides is 1. The molecule has 5 heteroatoms. The minimum absolute atomic E-state index is 0.0858. The van der Waals surface area contributed by atoms with Crippen LogP contribution in [0.2, 0.25) is 0 Å². The zero-order chi connectivity index (χ0) is 13.8.